The van der Waals surface area contributed by atoms with Crippen molar-refractivity contribution >= 4 is 11.6 Å². The summed E-state index contributed by atoms with van der Waals surface area (Å²) < 4.78 is 18.9. The molecule has 0 spiro atoms. The van der Waals surface area contributed by atoms with Crippen LogP contribution in [0.5, 0.6) is 11.5 Å². The van der Waals surface area contributed by atoms with E-state index in [4.69, 9.17) is 16.2 Å². The molecule has 0 saturated heterocycles. The fourth-order valence-electron chi connectivity index (χ4n) is 1.40. The van der Waals surface area contributed by atoms with Crippen LogP contribution in [0.1, 0.15) is 10.4 Å². The van der Waals surface area contributed by atoms with Crippen LogP contribution in [0.15, 0.2) is 42.5 Å². The molecule has 4 nitrogen and oxygen atoms in total. The maximum Gasteiger partial charge on any atom is 0.248 e. The Balaban J connectivity index is 2.24. The highest BCUT2D eigenvalue weighted by atomic mass is 19.1. The van der Waals surface area contributed by atoms with Crippen LogP contribution in [0, 0.1) is 5.82 Å². The molecule has 92 valence electrons. The van der Waals surface area contributed by atoms with Crippen LogP contribution < -0.4 is 16.2 Å². The van der Waals surface area contributed by atoms with Gasteiger partial charge in [0, 0.05) is 11.3 Å². The van der Waals surface area contributed by atoms with Crippen LogP contribution in [0.4, 0.5) is 10.1 Å². The van der Waals surface area contributed by atoms with E-state index in [0.717, 1.165) is 6.07 Å². The van der Waals surface area contributed by atoms with Crippen molar-refractivity contribution in [3.8, 4) is 11.5 Å². The van der Waals surface area contributed by atoms with Gasteiger partial charge in [0.2, 0.25) is 5.91 Å². The van der Waals surface area contributed by atoms with Crippen LogP contribution >= 0.6 is 0 Å². The van der Waals surface area contributed by atoms with E-state index in [1.807, 2.05) is 0 Å². The minimum absolute atomic E-state index is 0.0183. The largest absolute Gasteiger partial charge is 0.454 e. The molecule has 4 N–H and O–H groups in total. The molecule has 0 aliphatic carbocycles. The number of hydrogen-bond acceptors (Lipinski definition) is 3. The van der Waals surface area contributed by atoms with Gasteiger partial charge in [0.05, 0.1) is 0 Å². The smallest absolute Gasteiger partial charge is 0.248 e. The Morgan fingerprint density at radius 3 is 2.33 bits per heavy atom. The molecule has 1 amide bonds. The summed E-state index contributed by atoms with van der Waals surface area (Å²) in [5.74, 6) is -0.865. The minimum atomic E-state index is -0.687. The second-order valence-electron chi connectivity index (χ2n) is 3.68. The Labute approximate surface area is 103 Å². The molecule has 2 rings (SSSR count). The zero-order chi connectivity index (χ0) is 13.1. The standard InChI is InChI=1S/C13H11FN2O2/c14-11-7-8(13(16)17)1-6-12(11)18-10-4-2-9(15)3-5-10/h1-7H,15H2,(H2,16,17). The van der Waals surface area contributed by atoms with E-state index in [9.17, 15) is 9.18 Å². The molecule has 18 heavy (non-hydrogen) atoms. The van der Waals surface area contributed by atoms with Gasteiger partial charge in [-0.15, -0.1) is 0 Å². The summed E-state index contributed by atoms with van der Waals surface area (Å²) in [5, 5.41) is 0. The molecule has 0 aliphatic rings. The Morgan fingerprint density at radius 1 is 1.11 bits per heavy atom. The summed E-state index contributed by atoms with van der Waals surface area (Å²) in [7, 11) is 0. The average molecular weight is 246 g/mol. The third-order valence-corrected chi connectivity index (χ3v) is 2.32. The van der Waals surface area contributed by atoms with E-state index >= 15 is 0 Å². The predicted octanol–water partition coefficient (Wildman–Crippen LogP) is 2.30. The molecule has 2 aromatic carbocycles. The van der Waals surface area contributed by atoms with Gasteiger partial charge in [-0.2, -0.15) is 0 Å². The molecular weight excluding hydrogens is 235 g/mol. The number of hydrogen-bond donors (Lipinski definition) is 2. The SMILES string of the molecule is NC(=O)c1ccc(Oc2ccc(N)cc2)c(F)c1. The zero-order valence-corrected chi connectivity index (χ0v) is 9.39. The van der Waals surface area contributed by atoms with Crippen molar-refractivity contribution in [2.75, 3.05) is 5.73 Å². The first kappa shape index (κ1) is 11.9. The van der Waals surface area contributed by atoms with Gasteiger partial charge in [-0.1, -0.05) is 0 Å². The van der Waals surface area contributed by atoms with E-state index in [1.165, 1.54) is 12.1 Å². The number of primary amides is 1. The lowest BCUT2D eigenvalue weighted by atomic mass is 10.2. The van der Waals surface area contributed by atoms with Gasteiger partial charge in [-0.25, -0.2) is 4.39 Å². The summed E-state index contributed by atoms with van der Waals surface area (Å²) in [6.45, 7) is 0. The molecule has 0 unspecified atom stereocenters. The normalized spacial score (nSPS) is 10.1. The summed E-state index contributed by atoms with van der Waals surface area (Å²) in [4.78, 5) is 10.9. The van der Waals surface area contributed by atoms with Crippen LogP contribution in [-0.4, -0.2) is 5.91 Å². The second kappa shape index (κ2) is 4.75. The van der Waals surface area contributed by atoms with Crippen molar-refractivity contribution in [3.63, 3.8) is 0 Å². The molecular formula is C13H11FN2O2. The monoisotopic (exact) mass is 246 g/mol. The van der Waals surface area contributed by atoms with E-state index in [2.05, 4.69) is 0 Å². The Kier molecular flexibility index (Phi) is 3.14. The van der Waals surface area contributed by atoms with Gasteiger partial charge in [0.1, 0.15) is 5.75 Å². The topological polar surface area (TPSA) is 78.3 Å². The molecule has 0 atom stereocenters. The maximum absolute atomic E-state index is 13.6. The van der Waals surface area contributed by atoms with Gasteiger partial charge in [-0.3, -0.25) is 4.79 Å². The number of amides is 1. The second-order valence-corrected chi connectivity index (χ2v) is 3.68. The molecule has 0 bridgehead atoms. The molecule has 2 aromatic rings. The summed E-state index contributed by atoms with van der Waals surface area (Å²) >= 11 is 0. The van der Waals surface area contributed by atoms with Crippen LogP contribution in [-0.2, 0) is 0 Å². The van der Waals surface area contributed by atoms with E-state index < -0.39 is 11.7 Å². The highest BCUT2D eigenvalue weighted by Crippen LogP contribution is 2.25. The van der Waals surface area contributed by atoms with E-state index in [1.54, 1.807) is 24.3 Å². The zero-order valence-electron chi connectivity index (χ0n) is 9.39. The van der Waals surface area contributed by atoms with Crippen molar-refractivity contribution in [2.45, 2.75) is 0 Å². The van der Waals surface area contributed by atoms with Crippen LogP contribution in [0.25, 0.3) is 0 Å². The number of benzene rings is 2. The van der Waals surface area contributed by atoms with Gasteiger partial charge < -0.3 is 16.2 Å². The van der Waals surface area contributed by atoms with Gasteiger partial charge in [0.15, 0.2) is 11.6 Å². The maximum atomic E-state index is 13.6. The fourth-order valence-corrected chi connectivity index (χ4v) is 1.40. The number of ether oxygens (including phenoxy) is 1. The highest BCUT2D eigenvalue weighted by molar-refractivity contribution is 5.92. The Bertz CT molecular complexity index is 582. The van der Waals surface area contributed by atoms with E-state index in [-0.39, 0.29) is 11.3 Å². The summed E-state index contributed by atoms with van der Waals surface area (Å²) in [6, 6.07) is 10.3. The lowest BCUT2D eigenvalue weighted by Crippen LogP contribution is -2.11. The Morgan fingerprint density at radius 2 is 1.78 bits per heavy atom. The first-order valence-electron chi connectivity index (χ1n) is 5.19. The number of nitrogen functional groups attached to an aromatic ring is 1. The van der Waals surface area contributed by atoms with Crippen molar-refractivity contribution in [3.05, 3.63) is 53.8 Å². The number of carbonyl (C=O) groups is 1. The lowest BCUT2D eigenvalue weighted by molar-refractivity contribution is 0.1000. The molecule has 0 heterocycles. The Hall–Kier alpha value is -2.56. The fraction of sp³-hybridized carbons (Fsp3) is 0. The van der Waals surface area contributed by atoms with Gasteiger partial charge in [-0.05, 0) is 42.5 Å². The third kappa shape index (κ3) is 2.57. The minimum Gasteiger partial charge on any atom is -0.454 e. The molecule has 5 heteroatoms. The van der Waals surface area contributed by atoms with Gasteiger partial charge >= 0.3 is 0 Å². The third-order valence-electron chi connectivity index (χ3n) is 2.32. The molecule has 0 fully saturated rings. The molecule has 0 saturated carbocycles. The number of anilines is 1. The molecule has 0 aliphatic heterocycles. The number of rotatable bonds is 3. The predicted molar refractivity (Wildman–Crippen MR) is 65.8 cm³/mol. The van der Waals surface area contributed by atoms with Crippen molar-refractivity contribution in [1.29, 1.82) is 0 Å². The average Bonchev–Trinajstić information content (AvgIpc) is 2.34. The quantitative estimate of drug-likeness (QED) is 0.815. The number of nitrogens with two attached hydrogens (primary N) is 2. The van der Waals surface area contributed by atoms with Crippen LogP contribution in [0.3, 0.4) is 0 Å². The number of halogens is 1. The van der Waals surface area contributed by atoms with Crippen LogP contribution in [0.2, 0.25) is 0 Å². The van der Waals surface area contributed by atoms with Gasteiger partial charge in [0.25, 0.3) is 0 Å². The highest BCUT2D eigenvalue weighted by Gasteiger charge is 2.08. The summed E-state index contributed by atoms with van der Waals surface area (Å²) in [6.07, 6.45) is 0. The molecule has 0 aromatic heterocycles. The first-order chi connectivity index (χ1) is 8.56. The summed E-state index contributed by atoms with van der Waals surface area (Å²) in [5.41, 5.74) is 11.2. The molecule has 0 radical (unpaired) electrons. The van der Waals surface area contributed by atoms with Crippen molar-refractivity contribution in [1.82, 2.24) is 0 Å². The van der Waals surface area contributed by atoms with Crippen molar-refractivity contribution < 1.29 is 13.9 Å². The number of carbonyl (C=O) groups excluding carboxylic acids is 1. The van der Waals surface area contributed by atoms with E-state index in [0.29, 0.717) is 11.4 Å². The lowest BCUT2D eigenvalue weighted by Gasteiger charge is -2.07. The van der Waals surface area contributed by atoms with Crippen molar-refractivity contribution in [2.24, 2.45) is 5.73 Å². The first-order valence-corrected chi connectivity index (χ1v) is 5.19.